The third-order valence-corrected chi connectivity index (χ3v) is 25.8. The molecule has 5 aliphatic heterocycles. The Balaban J connectivity index is 0.000000483. The molecule has 7 rings (SSSR count). The van der Waals surface area contributed by atoms with Gasteiger partial charge in [0.15, 0.2) is 25.2 Å². The standard InChI is InChI=1S/C25H37N3O7.C21H31N3O8.2C19H31NO7.C15H20Cl6N2O6/c1-14(24(32)28-20(23(26)31)11-19-9-7-6-8-10-19)12-34-25-22(27-17(4)29)16(3)15(2)21(35-25)13-33-18(5)30;1-11(20(30)24-14(19(22)29)8-13-6-4-3-5-7-13)10-31-21-16(23-12(2)26)18(28)17(27)15(9-25)32-21;2*1-7-8-24-18(23)11(2)9-26-19-17(20-14(5)21)13(4)12(3)16(27-19)10-25-15(6)22;1-6-7(2)10(23-13(25)27-5-14(16,17)18)11(29-12(22)15(19,20)21)28-9(6)4-26-8(3)24/h6-10,14-16,20-22,25H,11-13H2,1-5H3,(H2,26,31)(H,27,29)(H,28,32);3-7,11,14-18,21,25,27-28H,8-10H2,1-2H3,(H2,22,29)(H,23,26)(H,24,30);2*7,11-13,16-17,19H,1,8-10H2,2-6H3,(H,20,21);6-7,9-11,22H,4-5H2,1-3H3,(H,23,25)/t14-,15-,16?,20-,21?,22-,25?;11-,14-,15?,16-,17+,18?,21?;2*11-,12-,13?,16?,17-,19?;6-,7?,9?,10-,11?/m00000/s1. The molecule has 150 heavy (non-hydrogen) atoms. The van der Waals surface area contributed by atoms with Crippen molar-refractivity contribution in [2.75, 3.05) is 79.3 Å². The number of nitrogens with two attached hydrogens (primary N) is 2. The van der Waals surface area contributed by atoms with E-state index in [9.17, 15) is 87.2 Å². The molecular formula is C99H150Cl6N10O35. The lowest BCUT2D eigenvalue weighted by atomic mass is 9.82. The van der Waals surface area contributed by atoms with Gasteiger partial charge >= 0.3 is 41.9 Å². The molecule has 5 fully saturated rings. The number of nitrogens with one attached hydrogen (secondary N) is 8. The van der Waals surface area contributed by atoms with Crippen LogP contribution in [0.1, 0.15) is 150 Å². The summed E-state index contributed by atoms with van der Waals surface area (Å²) in [6.07, 6.45) is -8.07. The highest BCUT2D eigenvalue weighted by molar-refractivity contribution is 6.76. The minimum atomic E-state index is -2.15. The number of carbonyl (C=O) groups excluding carboxylic acids is 15. The Morgan fingerprint density at radius 1 is 0.400 bits per heavy atom. The van der Waals surface area contributed by atoms with Gasteiger partial charge in [-0.3, -0.25) is 72.5 Å². The summed E-state index contributed by atoms with van der Waals surface area (Å²) >= 11 is 33.7. The van der Waals surface area contributed by atoms with Gasteiger partial charge in [-0.1, -0.05) is 225 Å². The lowest BCUT2D eigenvalue weighted by Crippen LogP contribution is -2.64. The highest BCUT2D eigenvalue weighted by atomic mass is 35.6. The van der Waals surface area contributed by atoms with Crippen LogP contribution in [0.3, 0.4) is 0 Å². The van der Waals surface area contributed by atoms with Crippen LogP contribution in [0, 0.1) is 76.4 Å². The Hall–Kier alpha value is -9.50. The number of aliphatic hydroxyl groups excluding tert-OH is 3. The second-order valence-electron chi connectivity index (χ2n) is 37.3. The maximum absolute atomic E-state index is 12.8. The molecule has 0 saturated carbocycles. The van der Waals surface area contributed by atoms with E-state index in [0.29, 0.717) is 0 Å². The number of ether oxygens (including phenoxy) is 17. The first-order valence-electron chi connectivity index (χ1n) is 48.6. The molecule has 45 nitrogen and oxygen atoms in total. The van der Waals surface area contributed by atoms with Gasteiger partial charge in [0.25, 0.3) is 3.79 Å². The fourth-order valence-electron chi connectivity index (χ4n) is 15.5. The molecule has 5 saturated heterocycles. The van der Waals surface area contributed by atoms with Crippen LogP contribution in [0.25, 0.3) is 0 Å². The van der Waals surface area contributed by atoms with Gasteiger partial charge in [-0.15, -0.1) is 0 Å². The maximum atomic E-state index is 12.8. The van der Waals surface area contributed by atoms with E-state index in [2.05, 4.69) is 50.4 Å². The molecule has 2 aromatic carbocycles. The fourth-order valence-corrected chi connectivity index (χ4v) is 15.8. The van der Waals surface area contributed by atoms with E-state index in [1.165, 1.54) is 67.5 Å². The second kappa shape index (κ2) is 67.2. The quantitative estimate of drug-likeness (QED) is 0.00909. The van der Waals surface area contributed by atoms with Crippen molar-refractivity contribution in [2.45, 2.75) is 275 Å². The van der Waals surface area contributed by atoms with Gasteiger partial charge in [-0.05, 0) is 72.3 Å². The van der Waals surface area contributed by atoms with E-state index >= 15 is 0 Å². The van der Waals surface area contributed by atoms with Crippen molar-refractivity contribution >= 4 is 165 Å². The molecule has 0 aromatic heterocycles. The maximum Gasteiger partial charge on any atom is 0.407 e. The van der Waals surface area contributed by atoms with Crippen LogP contribution < -0.4 is 48.7 Å². The molecule has 5 aliphatic rings. The van der Waals surface area contributed by atoms with E-state index in [1.54, 1.807) is 34.6 Å². The van der Waals surface area contributed by atoms with Gasteiger partial charge in [-0.25, -0.2) is 4.79 Å². The number of alkyl carbamates (subject to hydrolysis) is 1. The van der Waals surface area contributed by atoms with Gasteiger partial charge in [0.05, 0.1) is 105 Å². The molecule has 9 amide bonds. The molecule has 848 valence electrons. The summed E-state index contributed by atoms with van der Waals surface area (Å²) < 4.78 is 88.9. The molecule has 0 bridgehead atoms. The average molecular weight is 2250 g/mol. The van der Waals surface area contributed by atoms with Crippen LogP contribution in [-0.2, 0) is 160 Å². The third kappa shape index (κ3) is 48.4. The Bertz CT molecular complexity index is 4560. The van der Waals surface area contributed by atoms with Crippen molar-refractivity contribution < 1.29 is 168 Å². The number of aliphatic hydroxyl groups is 3. The van der Waals surface area contributed by atoms with Crippen molar-refractivity contribution in [1.29, 1.82) is 5.41 Å². The van der Waals surface area contributed by atoms with Crippen molar-refractivity contribution in [3.8, 4) is 0 Å². The molecule has 31 atom stereocenters. The monoisotopic (exact) mass is 2250 g/mol. The number of benzene rings is 2. The second-order valence-corrected chi connectivity index (χ2v) is 42.1. The summed E-state index contributed by atoms with van der Waals surface area (Å²) in [6, 6.07) is 13.4. The third-order valence-electron chi connectivity index (χ3n) is 25.0. The minimum Gasteiger partial charge on any atom is -0.463 e. The molecule has 15 unspecified atom stereocenters. The number of rotatable bonds is 44. The SMILES string of the molecule is C=CCOC(=O)[C@@H](C)COC1OC(COC(C)=O)[C@@H](C)C(C)[C@@H]1NC(C)=O.C=CCOC(=O)[C@@H](C)COC1OC(COC(C)=O)[C@@H](C)C(C)[C@@H]1NC(C)=O.CC(=O)N[C@@H]1C(OC[C@H](C)C(=O)N[C@@H](Cc2ccccc2)C(N)=O)OC(CO)[C@@H](O)C1O.CC(=O)N[C@@H]1C(OC[C@H](C)C(=O)N[C@@H](Cc2ccccc2)C(N)=O)OC(COC(C)=O)[C@@H](C)C1C.CC(=O)OCC1OC(OC(=N)C(Cl)(Cl)Cl)[C@@H](NC(=O)OCC(Cl)(Cl)Cl)C(C)[C@@H]1C. The summed E-state index contributed by atoms with van der Waals surface area (Å²) in [5.41, 5.74) is 12.6. The molecule has 2 aromatic rings. The van der Waals surface area contributed by atoms with Crippen LogP contribution in [0.5, 0.6) is 0 Å². The predicted molar refractivity (Wildman–Crippen MR) is 546 cm³/mol. The van der Waals surface area contributed by atoms with E-state index in [0.717, 1.165) is 11.1 Å². The molecular weight excluding hydrogens is 2100 g/mol. The van der Waals surface area contributed by atoms with Crippen LogP contribution in [0.15, 0.2) is 86.0 Å². The smallest absolute Gasteiger partial charge is 0.407 e. The topological polar surface area (TPSA) is 634 Å². The zero-order valence-electron chi connectivity index (χ0n) is 88.0. The van der Waals surface area contributed by atoms with Gasteiger partial charge in [0.2, 0.25) is 63.2 Å². The summed E-state index contributed by atoms with van der Waals surface area (Å²) in [5.74, 6) is -9.42. The summed E-state index contributed by atoms with van der Waals surface area (Å²) in [4.78, 5) is 176. The summed E-state index contributed by atoms with van der Waals surface area (Å²) in [7, 11) is 0. The molecule has 5 heterocycles. The number of primary amides is 2. The van der Waals surface area contributed by atoms with Crippen molar-refractivity contribution in [3.05, 3.63) is 97.1 Å². The van der Waals surface area contributed by atoms with Gasteiger partial charge in [-0.2, -0.15) is 0 Å². The first-order valence-corrected chi connectivity index (χ1v) is 50.8. The van der Waals surface area contributed by atoms with E-state index in [1.807, 2.05) is 109 Å². The van der Waals surface area contributed by atoms with E-state index in [-0.39, 0.29) is 168 Å². The molecule has 51 heteroatoms. The number of alkyl halides is 6. The largest absolute Gasteiger partial charge is 0.463 e. The number of halogens is 6. The van der Waals surface area contributed by atoms with Crippen LogP contribution >= 0.6 is 69.6 Å². The molecule has 15 N–H and O–H groups in total. The number of hydrogen-bond acceptors (Lipinski definition) is 36. The van der Waals surface area contributed by atoms with Crippen LogP contribution in [0.4, 0.5) is 4.79 Å². The Kier molecular flexibility index (Phi) is 60.4. The number of esters is 6. The summed E-state index contributed by atoms with van der Waals surface area (Å²) in [5, 5.41) is 56.3. The first-order chi connectivity index (χ1) is 70.1. The van der Waals surface area contributed by atoms with Gasteiger partial charge < -0.3 is 145 Å². The molecule has 0 radical (unpaired) electrons. The normalized spacial score (nSPS) is 27.5. The predicted octanol–water partition coefficient (Wildman–Crippen LogP) is 5.95. The lowest BCUT2D eigenvalue weighted by molar-refractivity contribution is -0.271. The number of amides is 9. The van der Waals surface area contributed by atoms with Crippen molar-refractivity contribution in [1.82, 2.24) is 37.2 Å². The van der Waals surface area contributed by atoms with Gasteiger partial charge in [0.1, 0.15) is 82.7 Å². The summed E-state index contributed by atoms with van der Waals surface area (Å²) in [6.45, 7) is 39.1. The van der Waals surface area contributed by atoms with E-state index < -0.39 is 214 Å². The molecule has 0 spiro atoms. The number of hydrogen-bond donors (Lipinski definition) is 13. The Morgan fingerprint density at radius 2 is 0.680 bits per heavy atom. The lowest BCUT2D eigenvalue weighted by Gasteiger charge is -2.44. The molecule has 0 aliphatic carbocycles. The zero-order valence-corrected chi connectivity index (χ0v) is 92.5. The van der Waals surface area contributed by atoms with Crippen LogP contribution in [-0.4, -0.2) is 314 Å². The highest BCUT2D eigenvalue weighted by Crippen LogP contribution is 2.39. The average Bonchev–Trinajstić information content (AvgIpc) is 0.812. The van der Waals surface area contributed by atoms with Crippen LogP contribution in [0.2, 0.25) is 0 Å². The minimum absolute atomic E-state index is 0.0104. The van der Waals surface area contributed by atoms with Crippen molar-refractivity contribution in [3.63, 3.8) is 0 Å². The Labute approximate surface area is 904 Å². The van der Waals surface area contributed by atoms with E-state index in [4.69, 9.17) is 167 Å². The zero-order chi connectivity index (χ0) is 114. The fraction of sp³-hybridized carbons (Fsp3) is 0.677. The van der Waals surface area contributed by atoms with Crippen molar-refractivity contribution in [2.24, 2.45) is 82.5 Å². The highest BCUT2D eigenvalue weighted by Gasteiger charge is 2.51. The van der Waals surface area contributed by atoms with Gasteiger partial charge in [0, 0.05) is 68.2 Å². The Morgan fingerprint density at radius 3 is 0.953 bits per heavy atom. The number of carbonyl (C=O) groups is 15. The first kappa shape index (κ1) is 135.